The van der Waals surface area contributed by atoms with E-state index in [1.54, 1.807) is 13.8 Å². The van der Waals surface area contributed by atoms with Gasteiger partial charge in [0, 0.05) is 12.6 Å². The van der Waals surface area contributed by atoms with Crippen molar-refractivity contribution in [2.75, 3.05) is 17.2 Å². The van der Waals surface area contributed by atoms with Gasteiger partial charge in [0.2, 0.25) is 5.91 Å². The maximum absolute atomic E-state index is 12.9. The maximum Gasteiger partial charge on any atom is 0.416 e. The number of nitrogens with two attached hydrogens (primary N) is 1. The zero-order valence-electron chi connectivity index (χ0n) is 13.6. The molecule has 0 aliphatic carbocycles. The van der Waals surface area contributed by atoms with Crippen LogP contribution in [0.1, 0.15) is 39.2 Å². The van der Waals surface area contributed by atoms with Gasteiger partial charge in [-0.05, 0) is 31.5 Å². The molecule has 0 saturated heterocycles. The van der Waals surface area contributed by atoms with Crippen molar-refractivity contribution in [1.29, 1.82) is 0 Å². The Labute approximate surface area is 134 Å². The first kappa shape index (κ1) is 19.3. The van der Waals surface area contributed by atoms with E-state index in [1.165, 1.54) is 6.07 Å². The predicted molar refractivity (Wildman–Crippen MR) is 86.3 cm³/mol. The predicted octanol–water partition coefficient (Wildman–Crippen LogP) is 3.84. The van der Waals surface area contributed by atoms with Crippen molar-refractivity contribution in [3.8, 4) is 0 Å². The summed E-state index contributed by atoms with van der Waals surface area (Å²) in [7, 11) is 0. The Morgan fingerprint density at radius 2 is 1.91 bits per heavy atom. The highest BCUT2D eigenvalue weighted by atomic mass is 19.4. The lowest BCUT2D eigenvalue weighted by Gasteiger charge is -2.19. The molecule has 0 spiro atoms. The average Bonchev–Trinajstić information content (AvgIpc) is 2.46. The van der Waals surface area contributed by atoms with Crippen LogP contribution in [0.5, 0.6) is 0 Å². The van der Waals surface area contributed by atoms with Crippen molar-refractivity contribution in [3.05, 3.63) is 23.8 Å². The zero-order chi connectivity index (χ0) is 17.6. The molecule has 7 heteroatoms. The second kappa shape index (κ2) is 8.19. The minimum atomic E-state index is -4.46. The summed E-state index contributed by atoms with van der Waals surface area (Å²) in [6, 6.07) is 2.89. The normalized spacial score (nSPS) is 14.2. The summed E-state index contributed by atoms with van der Waals surface area (Å²) in [5.74, 6) is -0.911. The smallest absolute Gasteiger partial charge is 0.383 e. The van der Waals surface area contributed by atoms with Crippen molar-refractivity contribution < 1.29 is 18.0 Å². The third-order valence-corrected chi connectivity index (χ3v) is 3.65. The SMILES string of the molecule is CCCCNc1ccc(C(F)(F)F)cc1NC(=O)C(C)C(C)N. The van der Waals surface area contributed by atoms with Crippen molar-refractivity contribution in [1.82, 2.24) is 0 Å². The minimum absolute atomic E-state index is 0.119. The van der Waals surface area contributed by atoms with E-state index in [0.29, 0.717) is 12.2 Å². The maximum atomic E-state index is 12.9. The third-order valence-electron chi connectivity index (χ3n) is 3.65. The molecule has 0 radical (unpaired) electrons. The van der Waals surface area contributed by atoms with Gasteiger partial charge in [-0.25, -0.2) is 0 Å². The van der Waals surface area contributed by atoms with E-state index in [2.05, 4.69) is 10.6 Å². The third kappa shape index (κ3) is 5.74. The Morgan fingerprint density at radius 1 is 1.26 bits per heavy atom. The molecule has 2 unspecified atom stereocenters. The van der Waals surface area contributed by atoms with Crippen LogP contribution in [-0.2, 0) is 11.0 Å². The lowest BCUT2D eigenvalue weighted by molar-refractivity contribution is -0.137. The van der Waals surface area contributed by atoms with Crippen LogP contribution in [0.3, 0.4) is 0 Å². The van der Waals surface area contributed by atoms with Crippen LogP contribution in [0, 0.1) is 5.92 Å². The Balaban J connectivity index is 3.04. The molecule has 0 saturated carbocycles. The van der Waals surface area contributed by atoms with Crippen molar-refractivity contribution in [2.24, 2.45) is 11.7 Å². The highest BCUT2D eigenvalue weighted by Gasteiger charge is 2.31. The van der Waals surface area contributed by atoms with Gasteiger partial charge in [0.1, 0.15) is 0 Å². The van der Waals surface area contributed by atoms with Crippen LogP contribution in [0.2, 0.25) is 0 Å². The van der Waals surface area contributed by atoms with Gasteiger partial charge in [-0.3, -0.25) is 4.79 Å². The number of unbranched alkanes of at least 4 members (excludes halogenated alkanes) is 1. The van der Waals surface area contributed by atoms with Gasteiger partial charge in [0.15, 0.2) is 0 Å². The molecular weight excluding hydrogens is 307 g/mol. The summed E-state index contributed by atoms with van der Waals surface area (Å²) in [5.41, 5.74) is 5.45. The first-order valence-electron chi connectivity index (χ1n) is 7.68. The number of rotatable bonds is 7. The summed E-state index contributed by atoms with van der Waals surface area (Å²) in [6.07, 6.45) is -2.63. The fourth-order valence-corrected chi connectivity index (χ4v) is 1.86. The number of carbonyl (C=O) groups is 1. The summed E-state index contributed by atoms with van der Waals surface area (Å²) in [4.78, 5) is 12.1. The molecule has 1 rings (SSSR count). The molecule has 2 atom stereocenters. The zero-order valence-corrected chi connectivity index (χ0v) is 13.6. The lowest BCUT2D eigenvalue weighted by Crippen LogP contribution is -2.34. The molecule has 1 aromatic rings. The minimum Gasteiger partial charge on any atom is -0.383 e. The first-order valence-corrected chi connectivity index (χ1v) is 7.68. The molecule has 4 nitrogen and oxygen atoms in total. The van der Waals surface area contributed by atoms with Crippen molar-refractivity contribution in [3.63, 3.8) is 0 Å². The van der Waals surface area contributed by atoms with E-state index in [0.717, 1.165) is 25.0 Å². The van der Waals surface area contributed by atoms with Crippen LogP contribution in [0.25, 0.3) is 0 Å². The van der Waals surface area contributed by atoms with Gasteiger partial charge < -0.3 is 16.4 Å². The molecule has 0 aliphatic heterocycles. The van der Waals surface area contributed by atoms with Crippen LogP contribution < -0.4 is 16.4 Å². The second-order valence-corrected chi connectivity index (χ2v) is 5.68. The van der Waals surface area contributed by atoms with Crippen molar-refractivity contribution in [2.45, 2.75) is 45.8 Å². The highest BCUT2D eigenvalue weighted by Crippen LogP contribution is 2.34. The van der Waals surface area contributed by atoms with Crippen molar-refractivity contribution >= 4 is 17.3 Å². The molecule has 23 heavy (non-hydrogen) atoms. The summed E-state index contributed by atoms with van der Waals surface area (Å²) >= 11 is 0. The first-order chi connectivity index (χ1) is 10.7. The van der Waals surface area contributed by atoms with Crippen LogP contribution in [0.4, 0.5) is 24.5 Å². The molecule has 0 bridgehead atoms. The number of halogens is 3. The molecule has 1 amide bonds. The largest absolute Gasteiger partial charge is 0.416 e. The monoisotopic (exact) mass is 331 g/mol. The lowest BCUT2D eigenvalue weighted by atomic mass is 10.0. The number of hydrogen-bond donors (Lipinski definition) is 3. The molecule has 0 fully saturated rings. The molecule has 4 N–H and O–H groups in total. The van der Waals surface area contributed by atoms with Crippen LogP contribution in [0.15, 0.2) is 18.2 Å². The number of benzene rings is 1. The van der Waals surface area contributed by atoms with Crippen LogP contribution in [-0.4, -0.2) is 18.5 Å². The number of carbonyl (C=O) groups excluding carboxylic acids is 1. The number of amides is 1. The average molecular weight is 331 g/mol. The van der Waals surface area contributed by atoms with E-state index < -0.39 is 29.6 Å². The summed E-state index contributed by atoms with van der Waals surface area (Å²) in [5, 5.41) is 5.60. The van der Waals surface area contributed by atoms with E-state index in [1.807, 2.05) is 6.92 Å². The summed E-state index contributed by atoms with van der Waals surface area (Å²) in [6.45, 7) is 5.95. The number of alkyl halides is 3. The Kier molecular flexibility index (Phi) is 6.87. The van der Waals surface area contributed by atoms with Crippen LogP contribution >= 0.6 is 0 Å². The molecule has 130 valence electrons. The molecule has 1 aromatic carbocycles. The van der Waals surface area contributed by atoms with E-state index >= 15 is 0 Å². The molecule has 0 aliphatic rings. The molecule has 0 heterocycles. The van der Waals surface area contributed by atoms with E-state index in [-0.39, 0.29) is 5.69 Å². The van der Waals surface area contributed by atoms with Gasteiger partial charge in [-0.1, -0.05) is 20.3 Å². The Bertz CT molecular complexity index is 530. The Morgan fingerprint density at radius 3 is 2.43 bits per heavy atom. The molecule has 0 aromatic heterocycles. The quantitative estimate of drug-likeness (QED) is 0.665. The number of anilines is 2. The highest BCUT2D eigenvalue weighted by molar-refractivity contribution is 5.96. The fraction of sp³-hybridized carbons (Fsp3) is 0.562. The fourth-order valence-electron chi connectivity index (χ4n) is 1.86. The molecular formula is C16H24F3N3O. The topological polar surface area (TPSA) is 67.1 Å². The van der Waals surface area contributed by atoms with Gasteiger partial charge in [-0.15, -0.1) is 0 Å². The number of hydrogen-bond acceptors (Lipinski definition) is 3. The Hall–Kier alpha value is -1.76. The van der Waals surface area contributed by atoms with Gasteiger partial charge in [0.25, 0.3) is 0 Å². The van der Waals surface area contributed by atoms with Gasteiger partial charge in [0.05, 0.1) is 22.9 Å². The van der Waals surface area contributed by atoms with Gasteiger partial charge in [-0.2, -0.15) is 13.2 Å². The van der Waals surface area contributed by atoms with E-state index in [4.69, 9.17) is 5.73 Å². The van der Waals surface area contributed by atoms with E-state index in [9.17, 15) is 18.0 Å². The second-order valence-electron chi connectivity index (χ2n) is 5.68. The summed E-state index contributed by atoms with van der Waals surface area (Å²) < 4.78 is 38.6. The number of nitrogens with one attached hydrogen (secondary N) is 2. The standard InChI is InChI=1S/C16H24F3N3O/c1-4-5-8-21-13-7-6-12(16(17,18)19)9-14(13)22-15(23)10(2)11(3)20/h6-7,9-11,21H,4-5,8,20H2,1-3H3,(H,22,23). The van der Waals surface area contributed by atoms with Gasteiger partial charge >= 0.3 is 6.18 Å².